The van der Waals surface area contributed by atoms with Crippen LogP contribution in [-0.4, -0.2) is 15.2 Å². The minimum Gasteiger partial charge on any atom is -0.382 e. The zero-order valence-corrected chi connectivity index (χ0v) is 8.91. The number of aromatic amines is 1. The lowest BCUT2D eigenvalue weighted by atomic mass is 10.0. The van der Waals surface area contributed by atoms with Gasteiger partial charge in [0.2, 0.25) is 0 Å². The fraction of sp³-hybridized carbons (Fsp3) is 0.273. The largest absolute Gasteiger partial charge is 0.382 e. The molecule has 0 atom stereocenters. The number of pyridine rings is 1. The van der Waals surface area contributed by atoms with E-state index in [9.17, 15) is 0 Å². The summed E-state index contributed by atoms with van der Waals surface area (Å²) < 4.78 is 0. The van der Waals surface area contributed by atoms with Crippen molar-refractivity contribution in [2.75, 3.05) is 5.73 Å². The van der Waals surface area contributed by atoms with Crippen LogP contribution in [-0.2, 0) is 6.42 Å². The topological polar surface area (TPSA) is 67.6 Å². The van der Waals surface area contributed by atoms with Crippen LogP contribution >= 0.6 is 0 Å². The molecule has 3 N–H and O–H groups in total. The molecule has 0 radical (unpaired) electrons. The van der Waals surface area contributed by atoms with Crippen LogP contribution < -0.4 is 5.73 Å². The van der Waals surface area contributed by atoms with Crippen molar-refractivity contribution >= 4 is 5.82 Å². The third-order valence-corrected chi connectivity index (χ3v) is 2.56. The van der Waals surface area contributed by atoms with E-state index in [1.165, 1.54) is 5.56 Å². The Hall–Kier alpha value is -1.84. The first-order valence-corrected chi connectivity index (χ1v) is 4.97. The standard InChI is InChI=1S/C11H14N4/c1-3-8-10(14-15-11(8)12)9-6-13-5-4-7(9)2/h4-6H,3H2,1-2H3,(H3,12,14,15). The monoisotopic (exact) mass is 202 g/mol. The molecule has 2 aromatic heterocycles. The number of hydrogen-bond acceptors (Lipinski definition) is 3. The molecule has 0 spiro atoms. The second-order valence-corrected chi connectivity index (χ2v) is 3.51. The highest BCUT2D eigenvalue weighted by Gasteiger charge is 2.12. The molecule has 2 rings (SSSR count). The van der Waals surface area contributed by atoms with Crippen LogP contribution in [0.2, 0.25) is 0 Å². The quantitative estimate of drug-likeness (QED) is 0.781. The molecule has 0 bridgehead atoms. The Kier molecular flexibility index (Phi) is 2.41. The highest BCUT2D eigenvalue weighted by Crippen LogP contribution is 2.27. The SMILES string of the molecule is CCc1c(N)n[nH]c1-c1cnccc1C. The number of nitrogens with two attached hydrogens (primary N) is 1. The number of aryl methyl sites for hydroxylation is 1. The molecule has 0 amide bonds. The van der Waals surface area contributed by atoms with Crippen molar-refractivity contribution < 1.29 is 0 Å². The molecule has 4 nitrogen and oxygen atoms in total. The fourth-order valence-electron chi connectivity index (χ4n) is 1.69. The van der Waals surface area contributed by atoms with E-state index >= 15 is 0 Å². The Bertz CT molecular complexity index is 473. The first-order valence-electron chi connectivity index (χ1n) is 4.97. The zero-order chi connectivity index (χ0) is 10.8. The Balaban J connectivity index is 2.59. The molecule has 0 aliphatic rings. The molecule has 0 saturated carbocycles. The number of hydrogen-bond donors (Lipinski definition) is 2. The van der Waals surface area contributed by atoms with Gasteiger partial charge in [0, 0.05) is 23.5 Å². The van der Waals surface area contributed by atoms with Gasteiger partial charge in [-0.2, -0.15) is 5.10 Å². The average Bonchev–Trinajstić information content (AvgIpc) is 2.60. The Labute approximate surface area is 88.5 Å². The highest BCUT2D eigenvalue weighted by molar-refractivity contribution is 5.69. The predicted molar refractivity (Wildman–Crippen MR) is 60.3 cm³/mol. The number of nitrogens with one attached hydrogen (secondary N) is 1. The van der Waals surface area contributed by atoms with Crippen LogP contribution in [0.3, 0.4) is 0 Å². The second kappa shape index (κ2) is 3.73. The van der Waals surface area contributed by atoms with Gasteiger partial charge in [-0.25, -0.2) is 0 Å². The first kappa shape index (κ1) is 9.71. The number of nitrogens with zero attached hydrogens (tertiary/aromatic N) is 2. The molecule has 0 fully saturated rings. The smallest absolute Gasteiger partial charge is 0.149 e. The highest BCUT2D eigenvalue weighted by atomic mass is 15.2. The molecule has 0 saturated heterocycles. The Morgan fingerprint density at radius 3 is 2.93 bits per heavy atom. The van der Waals surface area contributed by atoms with Gasteiger partial charge in [0.15, 0.2) is 0 Å². The van der Waals surface area contributed by atoms with Gasteiger partial charge in [-0.05, 0) is 25.0 Å². The average molecular weight is 202 g/mol. The molecular formula is C11H14N4. The van der Waals surface area contributed by atoms with Gasteiger partial charge in [-0.15, -0.1) is 0 Å². The van der Waals surface area contributed by atoms with Crippen molar-refractivity contribution in [3.05, 3.63) is 29.6 Å². The van der Waals surface area contributed by atoms with E-state index < -0.39 is 0 Å². The third kappa shape index (κ3) is 1.58. The van der Waals surface area contributed by atoms with Gasteiger partial charge in [-0.3, -0.25) is 10.1 Å². The molecule has 78 valence electrons. The van der Waals surface area contributed by atoms with Gasteiger partial charge >= 0.3 is 0 Å². The van der Waals surface area contributed by atoms with Gasteiger partial charge < -0.3 is 5.73 Å². The summed E-state index contributed by atoms with van der Waals surface area (Å²) in [4.78, 5) is 4.12. The van der Waals surface area contributed by atoms with Gasteiger partial charge in [-0.1, -0.05) is 6.92 Å². The van der Waals surface area contributed by atoms with Crippen LogP contribution in [0.25, 0.3) is 11.3 Å². The molecule has 0 aliphatic heterocycles. The van der Waals surface area contributed by atoms with Crippen molar-refractivity contribution in [2.24, 2.45) is 0 Å². The fourth-order valence-corrected chi connectivity index (χ4v) is 1.69. The lowest BCUT2D eigenvalue weighted by Gasteiger charge is -2.04. The van der Waals surface area contributed by atoms with Crippen LogP contribution in [0.15, 0.2) is 18.5 Å². The van der Waals surface area contributed by atoms with E-state index in [0.29, 0.717) is 5.82 Å². The van der Waals surface area contributed by atoms with Gasteiger partial charge in [0.25, 0.3) is 0 Å². The summed E-state index contributed by atoms with van der Waals surface area (Å²) in [5, 5.41) is 7.00. The number of anilines is 1. The van der Waals surface area contributed by atoms with E-state index in [0.717, 1.165) is 23.2 Å². The lowest BCUT2D eigenvalue weighted by molar-refractivity contribution is 1.10. The summed E-state index contributed by atoms with van der Waals surface area (Å²) in [5.41, 5.74) is 10.1. The number of nitrogen functional groups attached to an aromatic ring is 1. The van der Waals surface area contributed by atoms with Gasteiger partial charge in [0.05, 0.1) is 5.69 Å². The molecule has 2 aromatic rings. The van der Waals surface area contributed by atoms with Crippen LogP contribution in [0.1, 0.15) is 18.1 Å². The summed E-state index contributed by atoms with van der Waals surface area (Å²) in [6, 6.07) is 1.98. The Morgan fingerprint density at radius 2 is 2.27 bits per heavy atom. The molecule has 2 heterocycles. The van der Waals surface area contributed by atoms with Crippen molar-refractivity contribution in [1.29, 1.82) is 0 Å². The molecule has 0 aromatic carbocycles. The summed E-state index contributed by atoms with van der Waals surface area (Å²) >= 11 is 0. The maximum Gasteiger partial charge on any atom is 0.149 e. The molecule has 15 heavy (non-hydrogen) atoms. The maximum absolute atomic E-state index is 5.78. The van der Waals surface area contributed by atoms with Gasteiger partial charge in [0.1, 0.15) is 5.82 Å². The number of H-pyrrole nitrogens is 1. The normalized spacial score (nSPS) is 10.5. The predicted octanol–water partition coefficient (Wildman–Crippen LogP) is 1.92. The molecule has 0 unspecified atom stereocenters. The molecule has 4 heteroatoms. The number of aromatic nitrogens is 3. The van der Waals surface area contributed by atoms with E-state index in [4.69, 9.17) is 5.73 Å². The Morgan fingerprint density at radius 1 is 1.47 bits per heavy atom. The lowest BCUT2D eigenvalue weighted by Crippen LogP contribution is -1.92. The zero-order valence-electron chi connectivity index (χ0n) is 8.91. The number of rotatable bonds is 2. The van der Waals surface area contributed by atoms with Crippen molar-refractivity contribution in [2.45, 2.75) is 20.3 Å². The summed E-state index contributed by atoms with van der Waals surface area (Å²) in [7, 11) is 0. The van der Waals surface area contributed by atoms with E-state index in [2.05, 4.69) is 22.1 Å². The van der Waals surface area contributed by atoms with Crippen LogP contribution in [0, 0.1) is 6.92 Å². The van der Waals surface area contributed by atoms with Crippen molar-refractivity contribution in [1.82, 2.24) is 15.2 Å². The van der Waals surface area contributed by atoms with E-state index in [1.807, 2.05) is 19.2 Å². The van der Waals surface area contributed by atoms with Crippen molar-refractivity contribution in [3.8, 4) is 11.3 Å². The summed E-state index contributed by atoms with van der Waals surface area (Å²) in [6.07, 6.45) is 4.48. The van der Waals surface area contributed by atoms with E-state index in [-0.39, 0.29) is 0 Å². The van der Waals surface area contributed by atoms with Crippen molar-refractivity contribution in [3.63, 3.8) is 0 Å². The van der Waals surface area contributed by atoms with E-state index in [1.54, 1.807) is 6.20 Å². The summed E-state index contributed by atoms with van der Waals surface area (Å²) in [6.45, 7) is 4.11. The third-order valence-electron chi connectivity index (χ3n) is 2.56. The minimum atomic E-state index is 0.579. The first-order chi connectivity index (χ1) is 7.24. The van der Waals surface area contributed by atoms with Crippen LogP contribution in [0.4, 0.5) is 5.82 Å². The maximum atomic E-state index is 5.78. The molecule has 0 aliphatic carbocycles. The minimum absolute atomic E-state index is 0.579. The molecular weight excluding hydrogens is 188 g/mol. The van der Waals surface area contributed by atoms with Crippen LogP contribution in [0.5, 0.6) is 0 Å². The second-order valence-electron chi connectivity index (χ2n) is 3.51. The summed E-state index contributed by atoms with van der Waals surface area (Å²) in [5.74, 6) is 0.579.